The van der Waals surface area contributed by atoms with Crippen LogP contribution in [-0.2, 0) is 14.2 Å². The van der Waals surface area contributed by atoms with Crippen LogP contribution in [0.1, 0.15) is 6.92 Å². The maximum Gasteiger partial charge on any atom is 0.0701 e. The zero-order chi connectivity index (χ0) is 12.1. The highest BCUT2D eigenvalue weighted by atomic mass is 16.5. The molecule has 0 aromatic carbocycles. The first kappa shape index (κ1) is 15.2. The number of methoxy groups -OCH3 is 1. The molecule has 94 valence electrons. The molecule has 0 saturated heterocycles. The van der Waals surface area contributed by atoms with Gasteiger partial charge in [-0.1, -0.05) is 12.7 Å². The van der Waals surface area contributed by atoms with Gasteiger partial charge in [-0.15, -0.1) is 0 Å². The van der Waals surface area contributed by atoms with Gasteiger partial charge in [-0.2, -0.15) is 0 Å². The van der Waals surface area contributed by atoms with E-state index < -0.39 is 0 Å². The Bertz CT molecular complexity index is 193. The van der Waals surface area contributed by atoms with Crippen molar-refractivity contribution in [2.75, 3.05) is 46.7 Å². The Morgan fingerprint density at radius 2 is 1.75 bits per heavy atom. The second-order valence-corrected chi connectivity index (χ2v) is 3.09. The number of ether oxygens (including phenoxy) is 3. The first-order valence-corrected chi connectivity index (χ1v) is 5.52. The fourth-order valence-corrected chi connectivity index (χ4v) is 1.02. The summed E-state index contributed by atoms with van der Waals surface area (Å²) in [5, 5.41) is 3.19. The summed E-state index contributed by atoms with van der Waals surface area (Å²) in [7, 11) is 1.66. The average molecular weight is 229 g/mol. The lowest BCUT2D eigenvalue weighted by Crippen LogP contribution is -2.19. The number of hydrogen-bond donors (Lipinski definition) is 1. The van der Waals surface area contributed by atoms with Crippen LogP contribution in [0, 0.1) is 0 Å². The molecule has 0 rings (SSSR count). The van der Waals surface area contributed by atoms with E-state index in [1.54, 1.807) is 13.2 Å². The largest absolute Gasteiger partial charge is 0.383 e. The summed E-state index contributed by atoms with van der Waals surface area (Å²) in [5.74, 6) is 0. The minimum Gasteiger partial charge on any atom is -0.383 e. The molecule has 1 N–H and O–H groups in total. The van der Waals surface area contributed by atoms with Gasteiger partial charge in [0.1, 0.15) is 0 Å². The van der Waals surface area contributed by atoms with Crippen LogP contribution in [0.3, 0.4) is 0 Å². The first-order chi connectivity index (χ1) is 7.85. The summed E-state index contributed by atoms with van der Waals surface area (Å²) >= 11 is 0. The molecule has 0 amide bonds. The van der Waals surface area contributed by atoms with E-state index in [2.05, 4.69) is 11.9 Å². The topological polar surface area (TPSA) is 39.7 Å². The molecule has 0 aliphatic carbocycles. The van der Waals surface area contributed by atoms with Crippen molar-refractivity contribution in [3.8, 4) is 0 Å². The van der Waals surface area contributed by atoms with Crippen molar-refractivity contribution in [2.45, 2.75) is 6.92 Å². The zero-order valence-electron chi connectivity index (χ0n) is 10.3. The molecular formula is C12H23NO3. The Kier molecular flexibility index (Phi) is 11.6. The third-order valence-electron chi connectivity index (χ3n) is 1.91. The van der Waals surface area contributed by atoms with Gasteiger partial charge in [0.2, 0.25) is 0 Å². The van der Waals surface area contributed by atoms with Crippen LogP contribution < -0.4 is 5.32 Å². The summed E-state index contributed by atoms with van der Waals surface area (Å²) in [6.45, 7) is 9.58. The van der Waals surface area contributed by atoms with Crippen LogP contribution >= 0.6 is 0 Å². The Morgan fingerprint density at radius 1 is 1.12 bits per heavy atom. The van der Waals surface area contributed by atoms with E-state index in [9.17, 15) is 0 Å². The molecule has 4 heteroatoms. The van der Waals surface area contributed by atoms with Crippen LogP contribution in [0.2, 0.25) is 0 Å². The summed E-state index contributed by atoms with van der Waals surface area (Å²) < 4.78 is 15.5. The van der Waals surface area contributed by atoms with Crippen LogP contribution in [0.5, 0.6) is 0 Å². The van der Waals surface area contributed by atoms with Gasteiger partial charge in [-0.25, -0.2) is 0 Å². The Balaban J connectivity index is 3.12. The molecule has 0 unspecified atom stereocenters. The minimum atomic E-state index is 0.612. The number of rotatable bonds is 11. The van der Waals surface area contributed by atoms with Crippen molar-refractivity contribution in [3.63, 3.8) is 0 Å². The lowest BCUT2D eigenvalue weighted by atomic mass is 10.4. The third kappa shape index (κ3) is 9.71. The van der Waals surface area contributed by atoms with Crippen molar-refractivity contribution in [3.05, 3.63) is 24.4 Å². The Morgan fingerprint density at radius 3 is 2.31 bits per heavy atom. The van der Waals surface area contributed by atoms with Crippen molar-refractivity contribution < 1.29 is 14.2 Å². The van der Waals surface area contributed by atoms with E-state index in [0.717, 1.165) is 12.2 Å². The maximum atomic E-state index is 5.36. The van der Waals surface area contributed by atoms with Crippen LogP contribution in [-0.4, -0.2) is 46.7 Å². The fourth-order valence-electron chi connectivity index (χ4n) is 1.02. The van der Waals surface area contributed by atoms with Crippen LogP contribution in [0.25, 0.3) is 0 Å². The van der Waals surface area contributed by atoms with E-state index in [1.807, 2.05) is 13.0 Å². The Labute approximate surface area is 98.3 Å². The lowest BCUT2D eigenvalue weighted by Gasteiger charge is -2.08. The number of hydrogen-bond acceptors (Lipinski definition) is 4. The predicted molar refractivity (Wildman–Crippen MR) is 65.5 cm³/mol. The van der Waals surface area contributed by atoms with Crippen LogP contribution in [0.4, 0.5) is 0 Å². The maximum absolute atomic E-state index is 5.36. The molecule has 0 heterocycles. The van der Waals surface area contributed by atoms with E-state index in [0.29, 0.717) is 33.0 Å². The molecule has 0 aliphatic rings. The normalized spacial score (nSPS) is 11.5. The molecule has 0 aromatic heterocycles. The molecule has 4 nitrogen and oxygen atoms in total. The number of nitrogens with one attached hydrogen (secondary N) is 1. The molecule has 0 bridgehead atoms. The van der Waals surface area contributed by atoms with Crippen molar-refractivity contribution in [2.24, 2.45) is 0 Å². The van der Waals surface area contributed by atoms with Gasteiger partial charge in [-0.05, 0) is 13.0 Å². The van der Waals surface area contributed by atoms with Gasteiger partial charge in [0.25, 0.3) is 0 Å². The smallest absolute Gasteiger partial charge is 0.0701 e. The monoisotopic (exact) mass is 229 g/mol. The van der Waals surface area contributed by atoms with E-state index >= 15 is 0 Å². The third-order valence-corrected chi connectivity index (χ3v) is 1.91. The summed E-state index contributed by atoms with van der Waals surface area (Å²) in [4.78, 5) is 0. The average Bonchev–Trinajstić information content (AvgIpc) is 2.32. The van der Waals surface area contributed by atoms with Crippen molar-refractivity contribution in [1.82, 2.24) is 5.32 Å². The SMILES string of the molecule is C=C/C(=C\C)NCCOCCOCCOC. The number of allylic oxidation sites excluding steroid dienone is 2. The summed E-state index contributed by atoms with van der Waals surface area (Å²) in [5.41, 5.74) is 1.03. The highest BCUT2D eigenvalue weighted by Gasteiger charge is 1.91. The Hall–Kier alpha value is -0.840. The molecule has 0 atom stereocenters. The quantitative estimate of drug-likeness (QED) is 0.429. The molecule has 0 fully saturated rings. The molecule has 0 radical (unpaired) electrons. The van der Waals surface area contributed by atoms with Crippen molar-refractivity contribution >= 4 is 0 Å². The lowest BCUT2D eigenvalue weighted by molar-refractivity contribution is 0.0259. The second-order valence-electron chi connectivity index (χ2n) is 3.09. The first-order valence-electron chi connectivity index (χ1n) is 5.52. The van der Waals surface area contributed by atoms with Gasteiger partial charge in [-0.3, -0.25) is 0 Å². The van der Waals surface area contributed by atoms with Crippen LogP contribution in [0.15, 0.2) is 24.4 Å². The van der Waals surface area contributed by atoms with Gasteiger partial charge < -0.3 is 19.5 Å². The van der Waals surface area contributed by atoms with E-state index in [1.165, 1.54) is 0 Å². The molecule has 16 heavy (non-hydrogen) atoms. The summed E-state index contributed by atoms with van der Waals surface area (Å²) in [6.07, 6.45) is 3.76. The highest BCUT2D eigenvalue weighted by molar-refractivity contribution is 5.12. The van der Waals surface area contributed by atoms with Gasteiger partial charge in [0.05, 0.1) is 33.0 Å². The summed E-state index contributed by atoms with van der Waals surface area (Å²) in [6, 6.07) is 0. The molecule has 0 spiro atoms. The molecule has 0 aromatic rings. The highest BCUT2D eigenvalue weighted by Crippen LogP contribution is 1.88. The van der Waals surface area contributed by atoms with E-state index in [4.69, 9.17) is 14.2 Å². The van der Waals surface area contributed by atoms with Gasteiger partial charge in [0, 0.05) is 19.4 Å². The minimum absolute atomic E-state index is 0.612. The second kappa shape index (κ2) is 12.2. The van der Waals surface area contributed by atoms with Gasteiger partial charge >= 0.3 is 0 Å². The molecular weight excluding hydrogens is 206 g/mol. The zero-order valence-corrected chi connectivity index (χ0v) is 10.3. The molecule has 0 saturated carbocycles. The standard InChI is InChI=1S/C12H23NO3/c1-4-12(5-2)13-6-7-15-10-11-16-9-8-14-3/h4-5,13H,1,6-11H2,2-3H3/b12-5+. The van der Waals surface area contributed by atoms with E-state index in [-0.39, 0.29) is 0 Å². The predicted octanol–water partition coefficient (Wildman–Crippen LogP) is 1.35. The fraction of sp³-hybridized carbons (Fsp3) is 0.667. The van der Waals surface area contributed by atoms with Crippen molar-refractivity contribution in [1.29, 1.82) is 0 Å². The molecule has 0 aliphatic heterocycles. The van der Waals surface area contributed by atoms with Gasteiger partial charge in [0.15, 0.2) is 0 Å².